The highest BCUT2D eigenvalue weighted by Crippen LogP contribution is 2.23. The number of alkyl halides is 2. The van der Waals surface area contributed by atoms with E-state index in [2.05, 4.69) is 25.3 Å². The summed E-state index contributed by atoms with van der Waals surface area (Å²) in [6.45, 7) is 2.41. The van der Waals surface area contributed by atoms with Crippen LogP contribution in [0.1, 0.15) is 23.6 Å². The molecule has 6 nitrogen and oxygen atoms in total. The zero-order chi connectivity index (χ0) is 20.5. The fraction of sp³-hybridized carbons (Fsp3) is 0.400. The van der Waals surface area contributed by atoms with Crippen LogP contribution in [-0.4, -0.2) is 38.2 Å². The Morgan fingerprint density at radius 2 is 1.97 bits per heavy atom. The smallest absolute Gasteiger partial charge is 0.387 e. The van der Waals surface area contributed by atoms with Crippen molar-refractivity contribution in [3.8, 4) is 5.75 Å². The second-order valence-electron chi connectivity index (χ2n) is 6.42. The van der Waals surface area contributed by atoms with Gasteiger partial charge in [-0.1, -0.05) is 23.8 Å². The normalized spacial score (nSPS) is 11.1. The van der Waals surface area contributed by atoms with Crippen LogP contribution in [-0.2, 0) is 13.1 Å². The first-order chi connectivity index (χ1) is 13.4. The van der Waals surface area contributed by atoms with Gasteiger partial charge in [0.1, 0.15) is 11.6 Å². The summed E-state index contributed by atoms with van der Waals surface area (Å²) in [5, 5.41) is 6.42. The largest absolute Gasteiger partial charge is 0.434 e. The molecule has 0 atom stereocenters. The third-order valence-electron chi connectivity index (χ3n) is 3.92. The Balaban J connectivity index is 0.00000420. The van der Waals surface area contributed by atoms with Gasteiger partial charge in [-0.2, -0.15) is 8.78 Å². The van der Waals surface area contributed by atoms with Crippen molar-refractivity contribution >= 4 is 35.8 Å². The molecular formula is C20H28F2IN5O. The second kappa shape index (κ2) is 12.4. The Hall–Kier alpha value is -2.17. The van der Waals surface area contributed by atoms with E-state index in [0.29, 0.717) is 24.6 Å². The number of aliphatic imine (C=N–C) groups is 1. The Labute approximate surface area is 187 Å². The van der Waals surface area contributed by atoms with Gasteiger partial charge in [-0.3, -0.25) is 0 Å². The number of aryl methyl sites for hydroxylation is 1. The number of benzene rings is 1. The average Bonchev–Trinajstić information content (AvgIpc) is 2.65. The SMILES string of the molecule is CCNC(=NCc1cc(C)ccc1OC(F)F)NCc1cccnc1N(C)C.I. The molecule has 2 N–H and O–H groups in total. The minimum atomic E-state index is -2.87. The van der Waals surface area contributed by atoms with Crippen LogP contribution in [0.3, 0.4) is 0 Å². The van der Waals surface area contributed by atoms with Crippen molar-refractivity contribution in [1.82, 2.24) is 15.6 Å². The molecule has 1 aromatic heterocycles. The number of hydrogen-bond acceptors (Lipinski definition) is 4. The van der Waals surface area contributed by atoms with Gasteiger partial charge in [-0.05, 0) is 26.0 Å². The fourth-order valence-corrected chi connectivity index (χ4v) is 2.70. The van der Waals surface area contributed by atoms with E-state index in [1.54, 1.807) is 24.4 Å². The summed E-state index contributed by atoms with van der Waals surface area (Å²) in [6.07, 6.45) is 1.75. The lowest BCUT2D eigenvalue weighted by atomic mass is 10.1. The highest BCUT2D eigenvalue weighted by molar-refractivity contribution is 14.0. The number of rotatable bonds is 8. The number of anilines is 1. The molecule has 2 rings (SSSR count). The highest BCUT2D eigenvalue weighted by atomic mass is 127. The first kappa shape index (κ1) is 24.9. The fourth-order valence-electron chi connectivity index (χ4n) is 2.70. The molecule has 0 spiro atoms. The second-order valence-corrected chi connectivity index (χ2v) is 6.42. The van der Waals surface area contributed by atoms with Crippen LogP contribution in [0.2, 0.25) is 0 Å². The predicted octanol–water partition coefficient (Wildman–Crippen LogP) is 3.93. The Kier molecular flexibility index (Phi) is 10.6. The topological polar surface area (TPSA) is 61.8 Å². The number of nitrogens with one attached hydrogen (secondary N) is 2. The van der Waals surface area contributed by atoms with E-state index in [0.717, 1.165) is 16.9 Å². The standard InChI is InChI=1S/C20H27F2N5O.HI/c1-5-23-20(25-12-15-7-6-10-24-18(15)27(3)4)26-13-16-11-14(2)8-9-17(16)28-19(21)22;/h6-11,19H,5,12-13H2,1-4H3,(H2,23,25,26);1H. The molecular weight excluding hydrogens is 491 g/mol. The van der Waals surface area contributed by atoms with E-state index in [1.807, 2.05) is 45.0 Å². The predicted molar refractivity (Wildman–Crippen MR) is 123 cm³/mol. The summed E-state index contributed by atoms with van der Waals surface area (Å²) in [5.74, 6) is 1.60. The third-order valence-corrected chi connectivity index (χ3v) is 3.92. The van der Waals surface area contributed by atoms with Gasteiger partial charge in [0, 0.05) is 44.5 Å². The number of guanidine groups is 1. The molecule has 0 bridgehead atoms. The molecule has 160 valence electrons. The molecule has 9 heteroatoms. The van der Waals surface area contributed by atoms with Gasteiger partial charge >= 0.3 is 6.61 Å². The van der Waals surface area contributed by atoms with Gasteiger partial charge in [0.15, 0.2) is 5.96 Å². The maximum atomic E-state index is 12.6. The van der Waals surface area contributed by atoms with E-state index >= 15 is 0 Å². The van der Waals surface area contributed by atoms with Crippen molar-refractivity contribution in [3.05, 3.63) is 53.2 Å². The van der Waals surface area contributed by atoms with Crippen molar-refractivity contribution in [2.75, 3.05) is 25.5 Å². The lowest BCUT2D eigenvalue weighted by Crippen LogP contribution is -2.37. The molecule has 0 aliphatic heterocycles. The number of aromatic nitrogens is 1. The van der Waals surface area contributed by atoms with Crippen molar-refractivity contribution < 1.29 is 13.5 Å². The number of halogens is 3. The molecule has 29 heavy (non-hydrogen) atoms. The monoisotopic (exact) mass is 519 g/mol. The zero-order valence-electron chi connectivity index (χ0n) is 17.1. The summed E-state index contributed by atoms with van der Waals surface area (Å²) in [4.78, 5) is 10.8. The van der Waals surface area contributed by atoms with Crippen molar-refractivity contribution in [2.24, 2.45) is 4.99 Å². The lowest BCUT2D eigenvalue weighted by molar-refractivity contribution is -0.0504. The minimum Gasteiger partial charge on any atom is -0.434 e. The molecule has 0 aliphatic carbocycles. The van der Waals surface area contributed by atoms with Gasteiger partial charge < -0.3 is 20.3 Å². The molecule has 0 amide bonds. The summed E-state index contributed by atoms with van der Waals surface area (Å²) in [6, 6.07) is 8.96. The first-order valence-corrected chi connectivity index (χ1v) is 9.08. The molecule has 0 aliphatic rings. The van der Waals surface area contributed by atoms with Gasteiger partial charge in [0.25, 0.3) is 0 Å². The lowest BCUT2D eigenvalue weighted by Gasteiger charge is -2.17. The van der Waals surface area contributed by atoms with Crippen molar-refractivity contribution in [1.29, 1.82) is 0 Å². The number of nitrogens with zero attached hydrogens (tertiary/aromatic N) is 3. The van der Waals surface area contributed by atoms with Crippen LogP contribution in [0.25, 0.3) is 0 Å². The quantitative estimate of drug-likeness (QED) is 0.315. The van der Waals surface area contributed by atoms with E-state index in [1.165, 1.54) is 0 Å². The van der Waals surface area contributed by atoms with Crippen molar-refractivity contribution in [3.63, 3.8) is 0 Å². The van der Waals surface area contributed by atoms with Gasteiger partial charge in [0.2, 0.25) is 0 Å². The van der Waals surface area contributed by atoms with Gasteiger partial charge in [-0.15, -0.1) is 24.0 Å². The summed E-state index contributed by atoms with van der Waals surface area (Å²) in [7, 11) is 3.88. The Morgan fingerprint density at radius 1 is 1.21 bits per heavy atom. The minimum absolute atomic E-state index is 0. The van der Waals surface area contributed by atoms with Crippen LogP contribution in [0.15, 0.2) is 41.5 Å². The van der Waals surface area contributed by atoms with Crippen LogP contribution >= 0.6 is 24.0 Å². The van der Waals surface area contributed by atoms with Crippen LogP contribution < -0.4 is 20.3 Å². The molecule has 0 saturated heterocycles. The molecule has 2 aromatic rings. The molecule has 1 aromatic carbocycles. The van der Waals surface area contributed by atoms with E-state index in [4.69, 9.17) is 0 Å². The van der Waals surface area contributed by atoms with Gasteiger partial charge in [0.05, 0.1) is 6.54 Å². The molecule has 0 unspecified atom stereocenters. The Bertz CT molecular complexity index is 802. The van der Waals surface area contributed by atoms with E-state index < -0.39 is 6.61 Å². The molecule has 1 heterocycles. The maximum Gasteiger partial charge on any atom is 0.387 e. The third kappa shape index (κ3) is 8.00. The van der Waals surface area contributed by atoms with E-state index in [-0.39, 0.29) is 36.3 Å². The average molecular weight is 519 g/mol. The van der Waals surface area contributed by atoms with Crippen molar-refractivity contribution in [2.45, 2.75) is 33.5 Å². The first-order valence-electron chi connectivity index (χ1n) is 9.08. The number of ether oxygens (including phenoxy) is 1. The van der Waals surface area contributed by atoms with Crippen LogP contribution in [0.5, 0.6) is 5.75 Å². The highest BCUT2D eigenvalue weighted by Gasteiger charge is 2.11. The molecule has 0 radical (unpaired) electrons. The summed E-state index contributed by atoms with van der Waals surface area (Å²) in [5.41, 5.74) is 2.58. The van der Waals surface area contributed by atoms with E-state index in [9.17, 15) is 8.78 Å². The summed E-state index contributed by atoms with van der Waals surface area (Å²) >= 11 is 0. The number of hydrogen-bond donors (Lipinski definition) is 2. The van der Waals surface area contributed by atoms with Gasteiger partial charge in [-0.25, -0.2) is 9.98 Å². The van der Waals surface area contributed by atoms with Crippen LogP contribution in [0, 0.1) is 6.92 Å². The summed E-state index contributed by atoms with van der Waals surface area (Å²) < 4.78 is 29.9. The Morgan fingerprint density at radius 3 is 2.62 bits per heavy atom. The number of pyridine rings is 1. The zero-order valence-corrected chi connectivity index (χ0v) is 19.4. The molecule has 0 fully saturated rings. The van der Waals surface area contributed by atoms with Crippen LogP contribution in [0.4, 0.5) is 14.6 Å². The maximum absolute atomic E-state index is 12.6. The molecule has 0 saturated carbocycles.